The summed E-state index contributed by atoms with van der Waals surface area (Å²) < 4.78 is 5.77. The Morgan fingerprint density at radius 1 is 1.29 bits per heavy atom. The Hall–Kier alpha value is -0.550. The summed E-state index contributed by atoms with van der Waals surface area (Å²) in [6, 6.07) is 0. The summed E-state index contributed by atoms with van der Waals surface area (Å²) in [7, 11) is 0. The molecule has 1 N–H and O–H groups in total. The molecule has 0 radical (unpaired) electrons. The van der Waals surface area contributed by atoms with E-state index in [1.54, 1.807) is 0 Å². The molecule has 17 heavy (non-hydrogen) atoms. The van der Waals surface area contributed by atoms with Crippen LogP contribution >= 0.6 is 11.8 Å². The fourth-order valence-electron chi connectivity index (χ4n) is 2.46. The van der Waals surface area contributed by atoms with Gasteiger partial charge in [-0.25, -0.2) is 0 Å². The highest BCUT2D eigenvalue weighted by Gasteiger charge is 2.30. The molecule has 1 fully saturated rings. The number of nitrogens with zero attached hydrogens (tertiary/aromatic N) is 2. The van der Waals surface area contributed by atoms with E-state index < -0.39 is 0 Å². The van der Waals surface area contributed by atoms with Crippen LogP contribution in [0.4, 0.5) is 0 Å². The molecular weight excluding hydrogens is 234 g/mol. The summed E-state index contributed by atoms with van der Waals surface area (Å²) in [4.78, 5) is 0. The number of hydrogen-bond acceptors (Lipinski definition) is 5. The number of aryl methyl sites for hydroxylation is 1. The van der Waals surface area contributed by atoms with E-state index in [9.17, 15) is 0 Å². The Morgan fingerprint density at radius 3 is 2.65 bits per heavy atom. The van der Waals surface area contributed by atoms with Crippen molar-refractivity contribution in [2.24, 2.45) is 0 Å². The van der Waals surface area contributed by atoms with Crippen LogP contribution in [0.25, 0.3) is 0 Å². The van der Waals surface area contributed by atoms with Crippen molar-refractivity contribution in [3.05, 3.63) is 11.8 Å². The van der Waals surface area contributed by atoms with E-state index in [0.717, 1.165) is 6.54 Å². The van der Waals surface area contributed by atoms with Crippen molar-refractivity contribution < 1.29 is 4.42 Å². The molecule has 0 bridgehead atoms. The highest BCUT2D eigenvalue weighted by Crippen LogP contribution is 2.37. The van der Waals surface area contributed by atoms with Crippen molar-refractivity contribution in [1.29, 1.82) is 0 Å². The fourth-order valence-corrected chi connectivity index (χ4v) is 3.40. The predicted octanol–water partition coefficient (Wildman–Crippen LogP) is 2.53. The van der Waals surface area contributed by atoms with Gasteiger partial charge in [0.05, 0.1) is 6.54 Å². The molecule has 5 heteroatoms. The maximum atomic E-state index is 5.35. The van der Waals surface area contributed by atoms with Crippen LogP contribution in [0.1, 0.15) is 43.9 Å². The predicted molar refractivity (Wildman–Crippen MR) is 70.1 cm³/mol. The van der Waals surface area contributed by atoms with E-state index in [2.05, 4.69) is 21.8 Å². The lowest BCUT2D eigenvalue weighted by molar-refractivity contribution is 0.367. The van der Waals surface area contributed by atoms with Gasteiger partial charge in [-0.3, -0.25) is 0 Å². The first-order valence-corrected chi connectivity index (χ1v) is 7.51. The average molecular weight is 255 g/mol. The minimum Gasteiger partial charge on any atom is -0.424 e. The smallest absolute Gasteiger partial charge is 0.230 e. The van der Waals surface area contributed by atoms with Crippen molar-refractivity contribution in [3.63, 3.8) is 0 Å². The summed E-state index contributed by atoms with van der Waals surface area (Å²) in [5.74, 6) is 1.33. The lowest BCUT2D eigenvalue weighted by Crippen LogP contribution is -2.39. The Morgan fingerprint density at radius 2 is 2.06 bits per heavy atom. The van der Waals surface area contributed by atoms with Gasteiger partial charge in [-0.1, -0.05) is 19.3 Å². The van der Waals surface area contributed by atoms with Crippen LogP contribution in [-0.2, 0) is 6.54 Å². The highest BCUT2D eigenvalue weighted by atomic mass is 32.2. The molecule has 0 spiro atoms. The molecule has 0 saturated heterocycles. The van der Waals surface area contributed by atoms with Gasteiger partial charge < -0.3 is 9.73 Å². The molecule has 96 valence electrons. The second-order valence-corrected chi connectivity index (χ2v) is 6.04. The SMILES string of the molecule is CSC1(CNCc2nnc(C)o2)CCCCC1. The minimum atomic E-state index is 0.424. The van der Waals surface area contributed by atoms with Gasteiger partial charge in [0, 0.05) is 18.2 Å². The van der Waals surface area contributed by atoms with Gasteiger partial charge in [-0.2, -0.15) is 11.8 Å². The van der Waals surface area contributed by atoms with Crippen molar-refractivity contribution >= 4 is 11.8 Å². The molecule has 1 saturated carbocycles. The van der Waals surface area contributed by atoms with Crippen molar-refractivity contribution in [3.8, 4) is 0 Å². The van der Waals surface area contributed by atoms with Gasteiger partial charge in [0.15, 0.2) is 0 Å². The van der Waals surface area contributed by atoms with Crippen molar-refractivity contribution in [2.45, 2.75) is 50.3 Å². The number of hydrogen-bond donors (Lipinski definition) is 1. The fraction of sp³-hybridized carbons (Fsp3) is 0.833. The van der Waals surface area contributed by atoms with E-state index >= 15 is 0 Å². The number of rotatable bonds is 5. The second kappa shape index (κ2) is 5.87. The van der Waals surface area contributed by atoms with E-state index in [1.165, 1.54) is 32.1 Å². The molecule has 0 amide bonds. The van der Waals surface area contributed by atoms with Crippen LogP contribution < -0.4 is 5.32 Å². The van der Waals surface area contributed by atoms with Gasteiger partial charge >= 0.3 is 0 Å². The molecule has 1 aliphatic rings. The maximum absolute atomic E-state index is 5.35. The molecule has 1 aromatic heterocycles. The summed E-state index contributed by atoms with van der Waals surface area (Å²) >= 11 is 2.00. The van der Waals surface area contributed by atoms with Crippen LogP contribution in [0, 0.1) is 6.92 Å². The standard InChI is InChI=1S/C12H21N3OS/c1-10-14-15-11(16-10)8-13-9-12(17-2)6-4-3-5-7-12/h13H,3-9H2,1-2H3. The number of thioether (sulfide) groups is 1. The molecular formula is C12H21N3OS. The van der Waals surface area contributed by atoms with E-state index in [0.29, 0.717) is 23.1 Å². The average Bonchev–Trinajstić information content (AvgIpc) is 2.76. The van der Waals surface area contributed by atoms with E-state index in [4.69, 9.17) is 4.42 Å². The summed E-state index contributed by atoms with van der Waals surface area (Å²) in [5, 5.41) is 11.3. The lowest BCUT2D eigenvalue weighted by Gasteiger charge is -2.35. The Labute approximate surface area is 107 Å². The van der Waals surface area contributed by atoms with Crippen LogP contribution in [0.15, 0.2) is 4.42 Å². The van der Waals surface area contributed by atoms with Crippen molar-refractivity contribution in [1.82, 2.24) is 15.5 Å². The zero-order valence-electron chi connectivity index (χ0n) is 10.7. The van der Waals surface area contributed by atoms with Crippen LogP contribution in [-0.4, -0.2) is 27.7 Å². The maximum Gasteiger partial charge on any atom is 0.230 e. The van der Waals surface area contributed by atoms with E-state index in [-0.39, 0.29) is 0 Å². The molecule has 2 rings (SSSR count). The monoisotopic (exact) mass is 255 g/mol. The third-order valence-electron chi connectivity index (χ3n) is 3.49. The largest absolute Gasteiger partial charge is 0.424 e. The van der Waals surface area contributed by atoms with Crippen LogP contribution in [0.2, 0.25) is 0 Å². The third kappa shape index (κ3) is 3.45. The molecule has 1 aromatic rings. The summed E-state index contributed by atoms with van der Waals surface area (Å²) in [6.07, 6.45) is 8.99. The second-order valence-electron chi connectivity index (χ2n) is 4.77. The van der Waals surface area contributed by atoms with Gasteiger partial charge in [-0.15, -0.1) is 10.2 Å². The molecule has 1 aliphatic carbocycles. The summed E-state index contributed by atoms with van der Waals surface area (Å²) in [6.45, 7) is 3.54. The number of nitrogens with one attached hydrogen (secondary N) is 1. The van der Waals surface area contributed by atoms with Crippen LogP contribution in [0.5, 0.6) is 0 Å². The van der Waals surface area contributed by atoms with Gasteiger partial charge in [-0.05, 0) is 19.1 Å². The highest BCUT2D eigenvalue weighted by molar-refractivity contribution is 8.00. The molecule has 0 aromatic carbocycles. The summed E-state index contributed by atoms with van der Waals surface area (Å²) in [5.41, 5.74) is 0. The first-order chi connectivity index (χ1) is 8.24. The zero-order valence-corrected chi connectivity index (χ0v) is 11.5. The third-order valence-corrected chi connectivity index (χ3v) is 4.91. The molecule has 0 atom stereocenters. The van der Waals surface area contributed by atoms with Crippen LogP contribution in [0.3, 0.4) is 0 Å². The first kappa shape index (κ1) is 12.9. The molecule has 1 heterocycles. The van der Waals surface area contributed by atoms with Gasteiger partial charge in [0.25, 0.3) is 0 Å². The Bertz CT molecular complexity index is 347. The molecule has 0 unspecified atom stereocenters. The minimum absolute atomic E-state index is 0.424. The van der Waals surface area contributed by atoms with E-state index in [1.807, 2.05) is 18.7 Å². The molecule has 0 aliphatic heterocycles. The topological polar surface area (TPSA) is 51.0 Å². The zero-order chi connectivity index (χ0) is 12.1. The quantitative estimate of drug-likeness (QED) is 0.876. The number of aromatic nitrogens is 2. The van der Waals surface area contributed by atoms with Gasteiger partial charge in [0.2, 0.25) is 11.8 Å². The normalized spacial score (nSPS) is 19.4. The lowest BCUT2D eigenvalue weighted by atomic mass is 9.88. The Balaban J connectivity index is 1.79. The molecule has 4 nitrogen and oxygen atoms in total. The first-order valence-electron chi connectivity index (χ1n) is 6.29. The van der Waals surface area contributed by atoms with Gasteiger partial charge in [0.1, 0.15) is 0 Å². The van der Waals surface area contributed by atoms with Crippen molar-refractivity contribution in [2.75, 3.05) is 12.8 Å². The Kier molecular flexibility index (Phi) is 4.45.